The van der Waals surface area contributed by atoms with E-state index in [2.05, 4.69) is 15.8 Å². The molecular weight excluding hydrogens is 555 g/mol. The molecule has 42 heavy (non-hydrogen) atoms. The van der Waals surface area contributed by atoms with E-state index in [1.165, 1.54) is 36.4 Å². The van der Waals surface area contributed by atoms with Crippen molar-refractivity contribution < 1.29 is 41.9 Å². The Hall–Kier alpha value is -5.13. The lowest BCUT2D eigenvalue weighted by molar-refractivity contribution is -0.139. The molecule has 1 heterocycles. The third-order valence-corrected chi connectivity index (χ3v) is 6.38. The van der Waals surface area contributed by atoms with Gasteiger partial charge in [-0.15, -0.1) is 0 Å². The van der Waals surface area contributed by atoms with Gasteiger partial charge in [0.15, 0.2) is 5.76 Å². The number of anilines is 1. The van der Waals surface area contributed by atoms with Crippen LogP contribution < -0.4 is 10.6 Å². The smallest absolute Gasteiger partial charge is 0.416 e. The largest absolute Gasteiger partial charge is 0.480 e. The van der Waals surface area contributed by atoms with Crippen LogP contribution in [0.25, 0.3) is 11.3 Å². The Kier molecular flexibility index (Phi) is 8.94. The quantitative estimate of drug-likeness (QED) is 0.208. The minimum Gasteiger partial charge on any atom is -0.480 e. The summed E-state index contributed by atoms with van der Waals surface area (Å²) in [5.41, 5.74) is 1.53. The van der Waals surface area contributed by atoms with Crippen molar-refractivity contribution in [1.82, 2.24) is 10.5 Å². The maximum atomic E-state index is 12.8. The first-order chi connectivity index (χ1) is 19.9. The number of carboxylic acids is 1. The number of aryl methyl sites for hydroxylation is 1. The Balaban J connectivity index is 1.42. The zero-order valence-electron chi connectivity index (χ0n) is 22.4. The van der Waals surface area contributed by atoms with E-state index in [0.29, 0.717) is 16.8 Å². The third kappa shape index (κ3) is 7.33. The fraction of sp³-hybridized carbons (Fsp3) is 0.200. The average Bonchev–Trinajstić information content (AvgIpc) is 3.32. The minimum atomic E-state index is -4.52. The molecule has 2 amide bonds. The molecule has 4 rings (SSSR count). The third-order valence-electron chi connectivity index (χ3n) is 6.38. The number of ether oxygens (including phenoxy) is 1. The molecule has 4 aromatic rings. The maximum Gasteiger partial charge on any atom is 0.416 e. The van der Waals surface area contributed by atoms with Gasteiger partial charge in [-0.3, -0.25) is 10.1 Å². The Morgan fingerprint density at radius 2 is 1.62 bits per heavy atom. The molecular formula is C30H26F3N3O6. The van der Waals surface area contributed by atoms with E-state index >= 15 is 0 Å². The van der Waals surface area contributed by atoms with E-state index in [1.807, 2.05) is 30.3 Å². The van der Waals surface area contributed by atoms with Gasteiger partial charge in [-0.05, 0) is 49.2 Å². The van der Waals surface area contributed by atoms with Crippen LogP contribution in [0.15, 0.2) is 83.4 Å². The highest BCUT2D eigenvalue weighted by Gasteiger charge is 2.30. The molecule has 0 spiro atoms. The van der Waals surface area contributed by atoms with Gasteiger partial charge < -0.3 is 19.7 Å². The number of alkyl halides is 3. The molecule has 2 unspecified atom stereocenters. The van der Waals surface area contributed by atoms with E-state index in [4.69, 9.17) is 9.26 Å². The molecule has 9 nitrogen and oxygen atoms in total. The molecule has 218 valence electrons. The van der Waals surface area contributed by atoms with Gasteiger partial charge in [0.1, 0.15) is 23.5 Å². The van der Waals surface area contributed by atoms with Crippen LogP contribution in [0.3, 0.4) is 0 Å². The Bertz CT molecular complexity index is 1550. The number of benzene rings is 3. The first-order valence-corrected chi connectivity index (χ1v) is 12.7. The van der Waals surface area contributed by atoms with Crippen molar-refractivity contribution in [1.29, 1.82) is 0 Å². The van der Waals surface area contributed by atoms with Crippen LogP contribution in [0.1, 0.15) is 45.8 Å². The molecule has 12 heteroatoms. The van der Waals surface area contributed by atoms with Gasteiger partial charge in [-0.25, -0.2) is 9.59 Å². The summed E-state index contributed by atoms with van der Waals surface area (Å²) >= 11 is 0. The SMILES string of the molecule is Cc1noc(-c2ccc(C(=O)NC(Cc3ccc(C(F)(F)F)cc3)C(=O)O)cc2)c1NC(=O)OC(C)c1ccccc1. The number of nitrogens with one attached hydrogen (secondary N) is 2. The number of nitrogens with zero attached hydrogens (tertiary/aromatic N) is 1. The lowest BCUT2D eigenvalue weighted by Crippen LogP contribution is -2.42. The predicted molar refractivity (Wildman–Crippen MR) is 146 cm³/mol. The number of halogens is 3. The van der Waals surface area contributed by atoms with Crippen LogP contribution in [0.2, 0.25) is 0 Å². The molecule has 0 aliphatic rings. The summed E-state index contributed by atoms with van der Waals surface area (Å²) in [5.74, 6) is -1.83. The van der Waals surface area contributed by atoms with Gasteiger partial charge in [0.2, 0.25) is 0 Å². The van der Waals surface area contributed by atoms with Crippen LogP contribution in [-0.4, -0.2) is 34.3 Å². The molecule has 0 fully saturated rings. The summed E-state index contributed by atoms with van der Waals surface area (Å²) in [7, 11) is 0. The summed E-state index contributed by atoms with van der Waals surface area (Å²) in [4.78, 5) is 37.1. The maximum absolute atomic E-state index is 12.8. The predicted octanol–water partition coefficient (Wildman–Crippen LogP) is 6.40. The number of carboxylic acid groups (broad SMARTS) is 1. The second kappa shape index (κ2) is 12.6. The number of carbonyl (C=O) groups excluding carboxylic acids is 2. The number of aromatic nitrogens is 1. The van der Waals surface area contributed by atoms with Gasteiger partial charge in [0.25, 0.3) is 5.91 Å². The van der Waals surface area contributed by atoms with Gasteiger partial charge in [0, 0.05) is 17.5 Å². The highest BCUT2D eigenvalue weighted by Crippen LogP contribution is 2.32. The van der Waals surface area contributed by atoms with E-state index in [9.17, 15) is 32.7 Å². The summed E-state index contributed by atoms with van der Waals surface area (Å²) < 4.78 is 49.3. The van der Waals surface area contributed by atoms with Crippen molar-refractivity contribution in [3.63, 3.8) is 0 Å². The highest BCUT2D eigenvalue weighted by molar-refractivity contribution is 5.97. The van der Waals surface area contributed by atoms with E-state index in [-0.39, 0.29) is 23.4 Å². The lowest BCUT2D eigenvalue weighted by Gasteiger charge is -2.15. The second-order valence-corrected chi connectivity index (χ2v) is 9.40. The van der Waals surface area contributed by atoms with Gasteiger partial charge in [0.05, 0.1) is 5.56 Å². The number of amides is 2. The first-order valence-electron chi connectivity index (χ1n) is 12.7. The normalized spacial score (nSPS) is 12.7. The zero-order valence-corrected chi connectivity index (χ0v) is 22.4. The highest BCUT2D eigenvalue weighted by atomic mass is 19.4. The van der Waals surface area contributed by atoms with Crippen LogP contribution in [0.5, 0.6) is 0 Å². The molecule has 0 saturated carbocycles. The monoisotopic (exact) mass is 581 g/mol. The Labute approximate surface area is 238 Å². The summed E-state index contributed by atoms with van der Waals surface area (Å²) in [5, 5.41) is 18.5. The summed E-state index contributed by atoms with van der Waals surface area (Å²) in [6.07, 6.45) is -5.97. The fourth-order valence-electron chi connectivity index (χ4n) is 4.08. The molecule has 0 radical (unpaired) electrons. The van der Waals surface area contributed by atoms with Crippen LogP contribution >= 0.6 is 0 Å². The topological polar surface area (TPSA) is 131 Å². The summed E-state index contributed by atoms with van der Waals surface area (Å²) in [6.45, 7) is 3.37. The minimum absolute atomic E-state index is 0.124. The second-order valence-electron chi connectivity index (χ2n) is 9.40. The van der Waals surface area contributed by atoms with Gasteiger partial charge >= 0.3 is 18.2 Å². The zero-order chi connectivity index (χ0) is 30.4. The van der Waals surface area contributed by atoms with Crippen LogP contribution in [-0.2, 0) is 22.1 Å². The molecule has 3 aromatic carbocycles. The van der Waals surface area contributed by atoms with Gasteiger partial charge in [-0.1, -0.05) is 59.8 Å². The molecule has 0 saturated heterocycles. The molecule has 0 aliphatic carbocycles. The van der Waals surface area contributed by atoms with E-state index in [1.54, 1.807) is 13.8 Å². The van der Waals surface area contributed by atoms with E-state index < -0.39 is 41.9 Å². The standard InChI is InChI=1S/C30H26F3N3O6/c1-17-25(35-29(40)41-18(2)20-6-4-3-5-7-20)26(42-36-17)21-10-12-22(13-11-21)27(37)34-24(28(38)39)16-19-8-14-23(15-9-19)30(31,32)33/h3-15,18,24H,16H2,1-2H3,(H,34,37)(H,35,40)(H,38,39). The molecule has 3 N–H and O–H groups in total. The number of hydrogen-bond donors (Lipinski definition) is 3. The van der Waals surface area contributed by atoms with Crippen molar-refractivity contribution in [3.05, 3.63) is 107 Å². The first kappa shape index (κ1) is 29.8. The Morgan fingerprint density at radius 3 is 2.21 bits per heavy atom. The van der Waals surface area contributed by atoms with Crippen molar-refractivity contribution in [2.45, 2.75) is 38.6 Å². The van der Waals surface area contributed by atoms with Crippen LogP contribution in [0, 0.1) is 6.92 Å². The molecule has 2 atom stereocenters. The summed E-state index contributed by atoms with van der Waals surface area (Å²) in [6, 6.07) is 17.8. The van der Waals surface area contributed by atoms with Crippen LogP contribution in [0.4, 0.5) is 23.7 Å². The lowest BCUT2D eigenvalue weighted by atomic mass is 10.0. The van der Waals surface area contributed by atoms with Crippen molar-refractivity contribution in [2.75, 3.05) is 5.32 Å². The number of carbonyl (C=O) groups is 3. The van der Waals surface area contributed by atoms with Crippen molar-refractivity contribution >= 4 is 23.7 Å². The fourth-order valence-corrected chi connectivity index (χ4v) is 4.08. The number of aliphatic carboxylic acids is 1. The Morgan fingerprint density at radius 1 is 0.976 bits per heavy atom. The van der Waals surface area contributed by atoms with Crippen molar-refractivity contribution in [3.8, 4) is 11.3 Å². The van der Waals surface area contributed by atoms with Gasteiger partial charge in [-0.2, -0.15) is 13.2 Å². The molecule has 0 aliphatic heterocycles. The molecule has 1 aromatic heterocycles. The average molecular weight is 582 g/mol. The van der Waals surface area contributed by atoms with E-state index in [0.717, 1.165) is 17.7 Å². The molecule has 0 bridgehead atoms. The number of hydrogen-bond acceptors (Lipinski definition) is 6. The number of rotatable bonds is 9. The van der Waals surface area contributed by atoms with Crippen molar-refractivity contribution in [2.24, 2.45) is 0 Å².